The zero-order valence-electron chi connectivity index (χ0n) is 9.72. The highest BCUT2D eigenvalue weighted by Crippen LogP contribution is 2.28. The molecular formula is C14H15NO2. The van der Waals surface area contributed by atoms with E-state index in [1.807, 2.05) is 55.5 Å². The number of hydrogen-bond donors (Lipinski definition) is 1. The predicted molar refractivity (Wildman–Crippen MR) is 68.5 cm³/mol. The minimum atomic E-state index is 0.620. The number of para-hydroxylation sites is 2. The van der Waals surface area contributed by atoms with Crippen molar-refractivity contribution in [3.63, 3.8) is 0 Å². The number of benzene rings is 2. The van der Waals surface area contributed by atoms with E-state index >= 15 is 0 Å². The molecule has 0 unspecified atom stereocenters. The monoisotopic (exact) mass is 229 g/mol. The van der Waals surface area contributed by atoms with Gasteiger partial charge in [-0.05, 0) is 31.2 Å². The smallest absolute Gasteiger partial charge is 0.150 e. The summed E-state index contributed by atoms with van der Waals surface area (Å²) in [6, 6.07) is 14.9. The van der Waals surface area contributed by atoms with Gasteiger partial charge in [0.25, 0.3) is 0 Å². The second kappa shape index (κ2) is 5.25. The quantitative estimate of drug-likeness (QED) is 0.816. The van der Waals surface area contributed by atoms with E-state index in [0.29, 0.717) is 23.8 Å². The Balaban J connectivity index is 2.18. The fraction of sp³-hybridized carbons (Fsp3) is 0.143. The van der Waals surface area contributed by atoms with E-state index in [1.54, 1.807) is 0 Å². The fourth-order valence-corrected chi connectivity index (χ4v) is 1.49. The molecule has 2 rings (SSSR count). The lowest BCUT2D eigenvalue weighted by atomic mass is 10.3. The molecule has 0 aromatic heterocycles. The van der Waals surface area contributed by atoms with Crippen LogP contribution in [0.5, 0.6) is 17.2 Å². The number of nitrogen functional groups attached to an aromatic ring is 1. The molecule has 0 bridgehead atoms. The molecule has 3 heteroatoms. The third kappa shape index (κ3) is 2.91. The fourth-order valence-electron chi connectivity index (χ4n) is 1.49. The van der Waals surface area contributed by atoms with E-state index < -0.39 is 0 Å². The van der Waals surface area contributed by atoms with Gasteiger partial charge in [0, 0.05) is 6.07 Å². The van der Waals surface area contributed by atoms with Crippen LogP contribution in [0.3, 0.4) is 0 Å². The largest absolute Gasteiger partial charge is 0.494 e. The van der Waals surface area contributed by atoms with E-state index in [1.165, 1.54) is 0 Å². The average Bonchev–Trinajstić information content (AvgIpc) is 2.33. The van der Waals surface area contributed by atoms with Crippen LogP contribution in [-0.4, -0.2) is 6.61 Å². The van der Waals surface area contributed by atoms with Crippen LogP contribution in [-0.2, 0) is 0 Å². The summed E-state index contributed by atoms with van der Waals surface area (Å²) in [6.45, 7) is 2.58. The molecule has 0 fully saturated rings. The standard InChI is InChI=1S/C14H15NO2/c1-2-16-11-6-5-7-12(10-11)17-14-9-4-3-8-13(14)15/h3-10H,2,15H2,1H3. The number of nitrogens with two attached hydrogens (primary N) is 1. The lowest BCUT2D eigenvalue weighted by molar-refractivity contribution is 0.338. The second-order valence-corrected chi connectivity index (χ2v) is 3.55. The van der Waals surface area contributed by atoms with Gasteiger partial charge in [0.1, 0.15) is 17.2 Å². The summed E-state index contributed by atoms with van der Waals surface area (Å²) in [5.41, 5.74) is 6.43. The SMILES string of the molecule is CCOc1cccc(Oc2ccccc2N)c1. The van der Waals surface area contributed by atoms with Gasteiger partial charge in [0.15, 0.2) is 0 Å². The van der Waals surface area contributed by atoms with Crippen molar-refractivity contribution >= 4 is 5.69 Å². The minimum Gasteiger partial charge on any atom is -0.494 e. The van der Waals surface area contributed by atoms with Crippen molar-refractivity contribution in [3.05, 3.63) is 48.5 Å². The van der Waals surface area contributed by atoms with Crippen LogP contribution in [0, 0.1) is 0 Å². The maximum atomic E-state index is 5.81. The normalized spacial score (nSPS) is 9.94. The van der Waals surface area contributed by atoms with Crippen molar-refractivity contribution in [1.29, 1.82) is 0 Å². The lowest BCUT2D eigenvalue weighted by Gasteiger charge is -2.09. The van der Waals surface area contributed by atoms with Gasteiger partial charge in [-0.25, -0.2) is 0 Å². The molecule has 3 nitrogen and oxygen atoms in total. The molecule has 17 heavy (non-hydrogen) atoms. The van der Waals surface area contributed by atoms with Crippen LogP contribution >= 0.6 is 0 Å². The Morgan fingerprint density at radius 1 is 1.00 bits per heavy atom. The molecule has 0 aliphatic rings. The predicted octanol–water partition coefficient (Wildman–Crippen LogP) is 3.46. The van der Waals surface area contributed by atoms with Crippen LogP contribution in [0.25, 0.3) is 0 Å². The van der Waals surface area contributed by atoms with E-state index in [-0.39, 0.29) is 0 Å². The molecule has 0 amide bonds. The molecule has 0 aliphatic carbocycles. The zero-order valence-corrected chi connectivity index (χ0v) is 9.72. The van der Waals surface area contributed by atoms with Crippen molar-refractivity contribution in [2.24, 2.45) is 0 Å². The van der Waals surface area contributed by atoms with Gasteiger partial charge < -0.3 is 15.2 Å². The first-order valence-corrected chi connectivity index (χ1v) is 5.55. The van der Waals surface area contributed by atoms with Crippen molar-refractivity contribution in [1.82, 2.24) is 0 Å². The summed E-state index contributed by atoms with van der Waals surface area (Å²) >= 11 is 0. The van der Waals surface area contributed by atoms with E-state index in [4.69, 9.17) is 15.2 Å². The minimum absolute atomic E-state index is 0.620. The molecule has 2 aromatic rings. The highest BCUT2D eigenvalue weighted by molar-refractivity contribution is 5.53. The van der Waals surface area contributed by atoms with Crippen LogP contribution < -0.4 is 15.2 Å². The van der Waals surface area contributed by atoms with Gasteiger partial charge in [-0.1, -0.05) is 18.2 Å². The van der Waals surface area contributed by atoms with Crippen molar-refractivity contribution in [3.8, 4) is 17.2 Å². The summed E-state index contributed by atoms with van der Waals surface area (Å²) in [4.78, 5) is 0. The first-order valence-electron chi connectivity index (χ1n) is 5.55. The molecule has 0 spiro atoms. The van der Waals surface area contributed by atoms with Gasteiger partial charge in [-0.2, -0.15) is 0 Å². The average molecular weight is 229 g/mol. The molecule has 0 saturated carbocycles. The molecule has 0 aliphatic heterocycles. The summed E-state index contributed by atoms with van der Waals surface area (Å²) in [5, 5.41) is 0. The van der Waals surface area contributed by atoms with E-state index in [0.717, 1.165) is 5.75 Å². The maximum absolute atomic E-state index is 5.81. The third-order valence-electron chi connectivity index (χ3n) is 2.26. The summed E-state index contributed by atoms with van der Waals surface area (Å²) in [6.07, 6.45) is 0. The number of anilines is 1. The number of ether oxygens (including phenoxy) is 2. The Morgan fingerprint density at radius 3 is 2.53 bits per heavy atom. The summed E-state index contributed by atoms with van der Waals surface area (Å²) < 4.78 is 11.1. The van der Waals surface area contributed by atoms with Gasteiger partial charge >= 0.3 is 0 Å². The van der Waals surface area contributed by atoms with E-state index in [2.05, 4.69) is 0 Å². The van der Waals surface area contributed by atoms with Crippen LogP contribution in [0.1, 0.15) is 6.92 Å². The van der Waals surface area contributed by atoms with Gasteiger partial charge in [-0.3, -0.25) is 0 Å². The van der Waals surface area contributed by atoms with Crippen molar-refractivity contribution < 1.29 is 9.47 Å². The first kappa shape index (κ1) is 11.3. The molecule has 0 heterocycles. The molecule has 88 valence electrons. The lowest BCUT2D eigenvalue weighted by Crippen LogP contribution is -1.93. The Morgan fingerprint density at radius 2 is 1.76 bits per heavy atom. The van der Waals surface area contributed by atoms with Gasteiger partial charge in [0.2, 0.25) is 0 Å². The molecule has 2 N–H and O–H groups in total. The van der Waals surface area contributed by atoms with Gasteiger partial charge in [0.05, 0.1) is 12.3 Å². The third-order valence-corrected chi connectivity index (χ3v) is 2.26. The Kier molecular flexibility index (Phi) is 3.50. The highest BCUT2D eigenvalue weighted by atomic mass is 16.5. The molecule has 2 aromatic carbocycles. The van der Waals surface area contributed by atoms with E-state index in [9.17, 15) is 0 Å². The van der Waals surface area contributed by atoms with Crippen LogP contribution in [0.2, 0.25) is 0 Å². The van der Waals surface area contributed by atoms with Crippen LogP contribution in [0.15, 0.2) is 48.5 Å². The van der Waals surface area contributed by atoms with Gasteiger partial charge in [-0.15, -0.1) is 0 Å². The van der Waals surface area contributed by atoms with Crippen molar-refractivity contribution in [2.75, 3.05) is 12.3 Å². The number of hydrogen-bond acceptors (Lipinski definition) is 3. The van der Waals surface area contributed by atoms with Crippen molar-refractivity contribution in [2.45, 2.75) is 6.92 Å². The Labute approximate surface area is 101 Å². The number of rotatable bonds is 4. The van der Waals surface area contributed by atoms with Crippen LogP contribution in [0.4, 0.5) is 5.69 Å². The summed E-state index contributed by atoms with van der Waals surface area (Å²) in [5.74, 6) is 2.16. The Bertz CT molecular complexity index is 497. The summed E-state index contributed by atoms with van der Waals surface area (Å²) in [7, 11) is 0. The maximum Gasteiger partial charge on any atom is 0.150 e. The molecule has 0 radical (unpaired) electrons. The first-order chi connectivity index (χ1) is 8.29. The molecule has 0 saturated heterocycles. The zero-order chi connectivity index (χ0) is 12.1. The molecule has 0 atom stereocenters. The highest BCUT2D eigenvalue weighted by Gasteiger charge is 2.02. The molecular weight excluding hydrogens is 214 g/mol. The topological polar surface area (TPSA) is 44.5 Å². The second-order valence-electron chi connectivity index (χ2n) is 3.55. The Hall–Kier alpha value is -2.16.